The molecule has 0 aliphatic heterocycles. The van der Waals surface area contributed by atoms with E-state index in [0.717, 1.165) is 28.7 Å². The monoisotopic (exact) mass is 313 g/mol. The number of aryl methyl sites for hydroxylation is 1. The van der Waals surface area contributed by atoms with Crippen molar-refractivity contribution in [2.75, 3.05) is 0 Å². The van der Waals surface area contributed by atoms with E-state index >= 15 is 0 Å². The molecule has 0 aliphatic rings. The van der Waals surface area contributed by atoms with E-state index in [1.54, 1.807) is 6.07 Å². The normalized spacial score (nSPS) is 11.0. The van der Waals surface area contributed by atoms with Crippen LogP contribution in [0.5, 0.6) is 5.75 Å². The van der Waals surface area contributed by atoms with E-state index in [1.165, 1.54) is 11.1 Å². The molecule has 1 N–H and O–H groups in total. The molecule has 0 fully saturated rings. The summed E-state index contributed by atoms with van der Waals surface area (Å²) in [5, 5.41) is 11.2. The molecule has 24 heavy (non-hydrogen) atoms. The first kappa shape index (κ1) is 14.6. The summed E-state index contributed by atoms with van der Waals surface area (Å²) in [7, 11) is 0. The number of nitrogens with zero attached hydrogens (tertiary/aromatic N) is 1. The van der Waals surface area contributed by atoms with Gasteiger partial charge in [-0.25, -0.2) is 0 Å². The molecule has 0 atom stereocenters. The topological polar surface area (TPSA) is 25.2 Å². The van der Waals surface area contributed by atoms with Crippen molar-refractivity contribution in [2.45, 2.75) is 13.5 Å². The molecule has 4 rings (SSSR count). The van der Waals surface area contributed by atoms with Gasteiger partial charge >= 0.3 is 0 Å². The lowest BCUT2D eigenvalue weighted by Crippen LogP contribution is -2.02. The first-order valence-electron chi connectivity index (χ1n) is 8.15. The van der Waals surface area contributed by atoms with Crippen molar-refractivity contribution in [3.05, 3.63) is 90.0 Å². The van der Waals surface area contributed by atoms with Crippen LogP contribution in [0.3, 0.4) is 0 Å². The number of fused-ring (bicyclic) bond motifs is 1. The van der Waals surface area contributed by atoms with Gasteiger partial charge in [-0.1, -0.05) is 66.7 Å². The molecule has 2 heteroatoms. The minimum atomic E-state index is 0.333. The summed E-state index contributed by atoms with van der Waals surface area (Å²) < 4.78 is 2.30. The minimum absolute atomic E-state index is 0.333. The summed E-state index contributed by atoms with van der Waals surface area (Å²) >= 11 is 0. The fourth-order valence-electron chi connectivity index (χ4n) is 3.32. The molecule has 0 radical (unpaired) electrons. The summed E-state index contributed by atoms with van der Waals surface area (Å²) in [5.41, 5.74) is 5.79. The Morgan fingerprint density at radius 3 is 2.21 bits per heavy atom. The predicted molar refractivity (Wildman–Crippen MR) is 99.3 cm³/mol. The highest BCUT2D eigenvalue weighted by Gasteiger charge is 2.15. The molecule has 0 saturated heterocycles. The Labute approximate surface area is 141 Å². The molecule has 0 spiro atoms. The maximum atomic E-state index is 10.3. The molecule has 0 amide bonds. The molecule has 0 bridgehead atoms. The number of rotatable bonds is 3. The zero-order valence-corrected chi connectivity index (χ0v) is 13.6. The van der Waals surface area contributed by atoms with Gasteiger partial charge in [-0.05, 0) is 35.7 Å². The molecule has 0 saturated carbocycles. The average molecular weight is 313 g/mol. The maximum Gasteiger partial charge on any atom is 0.124 e. The molecule has 118 valence electrons. The van der Waals surface area contributed by atoms with Gasteiger partial charge in [-0.2, -0.15) is 0 Å². The summed E-state index contributed by atoms with van der Waals surface area (Å²) in [6, 6.07) is 26.6. The highest BCUT2D eigenvalue weighted by molar-refractivity contribution is 5.93. The summed E-state index contributed by atoms with van der Waals surface area (Å²) in [6.45, 7) is 2.87. The lowest BCUT2D eigenvalue weighted by Gasteiger charge is -2.13. The van der Waals surface area contributed by atoms with Crippen LogP contribution in [-0.2, 0) is 6.54 Å². The largest absolute Gasteiger partial charge is 0.507 e. The van der Waals surface area contributed by atoms with Gasteiger partial charge in [0.05, 0.1) is 5.52 Å². The van der Waals surface area contributed by atoms with E-state index in [-0.39, 0.29) is 0 Å². The fraction of sp³-hybridized carbons (Fsp3) is 0.0909. The van der Waals surface area contributed by atoms with Gasteiger partial charge in [0.2, 0.25) is 0 Å². The number of aromatic nitrogens is 1. The van der Waals surface area contributed by atoms with Gasteiger partial charge in [0.15, 0.2) is 0 Å². The van der Waals surface area contributed by atoms with Gasteiger partial charge in [-0.3, -0.25) is 0 Å². The summed E-state index contributed by atoms with van der Waals surface area (Å²) in [5.74, 6) is 0.333. The van der Waals surface area contributed by atoms with Gasteiger partial charge in [0.25, 0.3) is 0 Å². The molecule has 1 heterocycles. The van der Waals surface area contributed by atoms with Crippen LogP contribution in [0.1, 0.15) is 11.1 Å². The van der Waals surface area contributed by atoms with Gasteiger partial charge in [-0.15, -0.1) is 0 Å². The Morgan fingerprint density at radius 2 is 1.50 bits per heavy atom. The SMILES string of the molecule is Cc1ccc(O)c2cc(-c3ccccc3)n(Cc3ccccc3)c12. The van der Waals surface area contributed by atoms with Gasteiger partial charge in [0, 0.05) is 17.6 Å². The quantitative estimate of drug-likeness (QED) is 0.540. The molecule has 3 aromatic carbocycles. The van der Waals surface area contributed by atoms with E-state index in [0.29, 0.717) is 5.75 Å². The maximum absolute atomic E-state index is 10.3. The zero-order valence-electron chi connectivity index (χ0n) is 13.6. The summed E-state index contributed by atoms with van der Waals surface area (Å²) in [6.07, 6.45) is 0. The minimum Gasteiger partial charge on any atom is -0.507 e. The first-order valence-corrected chi connectivity index (χ1v) is 8.15. The third kappa shape index (κ3) is 2.46. The van der Waals surface area contributed by atoms with E-state index in [4.69, 9.17) is 0 Å². The molecule has 2 nitrogen and oxygen atoms in total. The molecule has 1 aromatic heterocycles. The van der Waals surface area contributed by atoms with Crippen LogP contribution in [0.4, 0.5) is 0 Å². The van der Waals surface area contributed by atoms with Crippen LogP contribution in [-0.4, -0.2) is 9.67 Å². The molecular weight excluding hydrogens is 294 g/mol. The Hall–Kier alpha value is -3.00. The second-order valence-corrected chi connectivity index (χ2v) is 6.13. The van der Waals surface area contributed by atoms with Gasteiger partial charge in [0.1, 0.15) is 5.75 Å². The Bertz CT molecular complexity index is 985. The van der Waals surface area contributed by atoms with Crippen molar-refractivity contribution in [1.29, 1.82) is 0 Å². The molecule has 0 aliphatic carbocycles. The third-order valence-electron chi connectivity index (χ3n) is 4.49. The Balaban J connectivity index is 1.99. The van der Waals surface area contributed by atoms with Gasteiger partial charge < -0.3 is 9.67 Å². The zero-order chi connectivity index (χ0) is 16.5. The van der Waals surface area contributed by atoms with Crippen molar-refractivity contribution < 1.29 is 5.11 Å². The van der Waals surface area contributed by atoms with E-state index in [1.807, 2.05) is 30.3 Å². The van der Waals surface area contributed by atoms with E-state index in [9.17, 15) is 5.11 Å². The van der Waals surface area contributed by atoms with Crippen molar-refractivity contribution in [1.82, 2.24) is 4.57 Å². The molecular formula is C22H19NO. The lowest BCUT2D eigenvalue weighted by atomic mass is 10.1. The number of hydrogen-bond acceptors (Lipinski definition) is 1. The predicted octanol–water partition coefficient (Wildman–Crippen LogP) is 5.37. The van der Waals surface area contributed by atoms with Crippen molar-refractivity contribution >= 4 is 10.9 Å². The van der Waals surface area contributed by atoms with Crippen molar-refractivity contribution in [2.24, 2.45) is 0 Å². The highest BCUT2D eigenvalue weighted by Crippen LogP contribution is 2.35. The number of phenolic OH excluding ortho intramolecular Hbond substituents is 1. The van der Waals surface area contributed by atoms with Crippen LogP contribution in [0.25, 0.3) is 22.2 Å². The smallest absolute Gasteiger partial charge is 0.124 e. The van der Waals surface area contributed by atoms with E-state index < -0.39 is 0 Å². The number of benzene rings is 3. The van der Waals surface area contributed by atoms with Crippen LogP contribution in [0, 0.1) is 6.92 Å². The lowest BCUT2D eigenvalue weighted by molar-refractivity contribution is 0.481. The third-order valence-corrected chi connectivity index (χ3v) is 4.49. The average Bonchev–Trinajstić information content (AvgIpc) is 3.00. The van der Waals surface area contributed by atoms with Crippen molar-refractivity contribution in [3.8, 4) is 17.0 Å². The second kappa shape index (κ2) is 5.89. The highest BCUT2D eigenvalue weighted by atomic mass is 16.3. The molecule has 4 aromatic rings. The first-order chi connectivity index (χ1) is 11.7. The van der Waals surface area contributed by atoms with E-state index in [2.05, 4.69) is 54.0 Å². The van der Waals surface area contributed by atoms with Crippen LogP contribution in [0.2, 0.25) is 0 Å². The van der Waals surface area contributed by atoms with Crippen molar-refractivity contribution in [3.63, 3.8) is 0 Å². The van der Waals surface area contributed by atoms with Crippen LogP contribution < -0.4 is 0 Å². The standard InChI is InChI=1S/C22H19NO/c1-16-12-13-21(24)19-14-20(18-10-6-3-7-11-18)23(22(16)19)15-17-8-4-2-5-9-17/h2-14,24H,15H2,1H3. The summed E-state index contributed by atoms with van der Waals surface area (Å²) in [4.78, 5) is 0. The Kier molecular flexibility index (Phi) is 3.58. The molecule has 0 unspecified atom stereocenters. The van der Waals surface area contributed by atoms with Crippen LogP contribution >= 0.6 is 0 Å². The van der Waals surface area contributed by atoms with Crippen LogP contribution in [0.15, 0.2) is 78.9 Å². The fourth-order valence-corrected chi connectivity index (χ4v) is 3.32. The number of aromatic hydroxyl groups is 1. The second-order valence-electron chi connectivity index (χ2n) is 6.13. The number of hydrogen-bond donors (Lipinski definition) is 1. The Morgan fingerprint density at radius 1 is 0.833 bits per heavy atom. The number of phenols is 1.